The molecule has 90 valence electrons. The maximum atomic E-state index is 11.7. The van der Waals surface area contributed by atoms with Gasteiger partial charge in [-0.25, -0.2) is 0 Å². The molecule has 5 heteroatoms. The number of amides is 1. The average molecular weight is 416 g/mol. The second kappa shape index (κ2) is 6.96. The van der Waals surface area contributed by atoms with E-state index in [1.54, 1.807) is 11.3 Å². The molecule has 0 saturated carbocycles. The van der Waals surface area contributed by atoms with Gasteiger partial charge in [-0.3, -0.25) is 4.79 Å². The van der Waals surface area contributed by atoms with Crippen LogP contribution < -0.4 is 5.32 Å². The highest BCUT2D eigenvalue weighted by Crippen LogP contribution is 2.17. The number of rotatable bonds is 5. The first-order valence-electron chi connectivity index (χ1n) is 5.15. The summed E-state index contributed by atoms with van der Waals surface area (Å²) in [4.78, 5) is 12.1. The molecular weight excluding hydrogens is 401 g/mol. The number of alkyl halides is 1. The van der Waals surface area contributed by atoms with E-state index in [1.165, 1.54) is 0 Å². The highest BCUT2D eigenvalue weighted by atomic mass is 127. The average Bonchev–Trinajstić information content (AvgIpc) is 2.60. The fourth-order valence-electron chi connectivity index (χ4n) is 1.33. The van der Waals surface area contributed by atoms with Crippen molar-refractivity contribution in [3.05, 3.63) is 19.9 Å². The molecule has 0 saturated heterocycles. The van der Waals surface area contributed by atoms with Gasteiger partial charge >= 0.3 is 0 Å². The van der Waals surface area contributed by atoms with E-state index in [0.717, 1.165) is 14.9 Å². The minimum Gasteiger partial charge on any atom is -0.351 e. The molecule has 0 aliphatic heterocycles. The first-order chi connectivity index (χ1) is 7.49. The first kappa shape index (κ1) is 14.4. The Kier molecular flexibility index (Phi) is 6.28. The van der Waals surface area contributed by atoms with Gasteiger partial charge in [0, 0.05) is 16.8 Å². The Labute approximate surface area is 122 Å². The molecule has 0 aliphatic rings. The van der Waals surface area contributed by atoms with Crippen molar-refractivity contribution in [1.82, 2.24) is 5.32 Å². The lowest BCUT2D eigenvalue weighted by Gasteiger charge is -2.12. The number of hydrogen-bond acceptors (Lipinski definition) is 2. The van der Waals surface area contributed by atoms with Crippen molar-refractivity contribution >= 4 is 55.8 Å². The molecule has 1 heterocycles. The van der Waals surface area contributed by atoms with E-state index in [4.69, 9.17) is 0 Å². The van der Waals surface area contributed by atoms with Gasteiger partial charge in [0.2, 0.25) is 0 Å². The molecule has 1 unspecified atom stereocenters. The summed E-state index contributed by atoms with van der Waals surface area (Å²) in [5, 5.41) is 4.83. The van der Waals surface area contributed by atoms with Crippen molar-refractivity contribution in [2.75, 3.05) is 6.54 Å². The molecule has 0 aliphatic carbocycles. The molecule has 1 aromatic rings. The smallest absolute Gasteiger partial charge is 0.252 e. The zero-order valence-corrected chi connectivity index (χ0v) is 13.9. The fourth-order valence-corrected chi connectivity index (χ4v) is 3.57. The first-order valence-corrected chi connectivity index (χ1v) is 8.02. The molecule has 1 N–H and O–H groups in total. The second-order valence-corrected chi connectivity index (χ2v) is 8.18. The van der Waals surface area contributed by atoms with E-state index in [1.807, 2.05) is 11.4 Å². The quantitative estimate of drug-likeness (QED) is 0.573. The Morgan fingerprint density at radius 2 is 2.31 bits per heavy atom. The Hall–Kier alpha value is 0.380. The maximum absolute atomic E-state index is 11.7. The van der Waals surface area contributed by atoms with Crippen molar-refractivity contribution in [2.24, 2.45) is 5.92 Å². The van der Waals surface area contributed by atoms with Crippen LogP contribution in [0, 0.1) is 8.80 Å². The number of carbonyl (C=O) groups excluding carboxylic acids is 1. The predicted molar refractivity (Wildman–Crippen MR) is 81.5 cm³/mol. The molecule has 16 heavy (non-hydrogen) atoms. The molecule has 0 fully saturated rings. The van der Waals surface area contributed by atoms with Gasteiger partial charge in [-0.2, -0.15) is 0 Å². The minimum atomic E-state index is 0.0207. The highest BCUT2D eigenvalue weighted by molar-refractivity contribution is 14.1. The second-order valence-electron chi connectivity index (χ2n) is 4.08. The molecule has 0 radical (unpaired) electrons. The van der Waals surface area contributed by atoms with Crippen LogP contribution in [0.3, 0.4) is 0 Å². The summed E-state index contributed by atoms with van der Waals surface area (Å²) in [6.07, 6.45) is 1.07. The summed E-state index contributed by atoms with van der Waals surface area (Å²) >= 11 is 7.38. The van der Waals surface area contributed by atoms with E-state index in [2.05, 4.69) is 57.7 Å². The molecular formula is C11H15BrINOS. The van der Waals surface area contributed by atoms with Crippen molar-refractivity contribution in [1.29, 1.82) is 0 Å². The zero-order valence-electron chi connectivity index (χ0n) is 9.30. The summed E-state index contributed by atoms with van der Waals surface area (Å²) in [5.41, 5.74) is 0.763. The summed E-state index contributed by atoms with van der Waals surface area (Å²) in [6.45, 7) is 5.04. The normalized spacial score (nSPS) is 12.8. The van der Waals surface area contributed by atoms with Crippen LogP contribution in [0.1, 0.15) is 30.6 Å². The van der Waals surface area contributed by atoms with Crippen LogP contribution in [0.25, 0.3) is 0 Å². The van der Waals surface area contributed by atoms with Crippen LogP contribution in [-0.4, -0.2) is 17.3 Å². The van der Waals surface area contributed by atoms with Gasteiger partial charge in [-0.15, -0.1) is 11.3 Å². The highest BCUT2D eigenvalue weighted by Gasteiger charge is 2.11. The summed E-state index contributed by atoms with van der Waals surface area (Å²) in [6, 6.07) is 1.91. The van der Waals surface area contributed by atoms with Crippen molar-refractivity contribution in [2.45, 2.75) is 25.1 Å². The third kappa shape index (κ3) is 5.14. The van der Waals surface area contributed by atoms with E-state index >= 15 is 0 Å². The molecule has 0 aromatic carbocycles. The summed E-state index contributed by atoms with van der Waals surface area (Å²) in [7, 11) is 0. The lowest BCUT2D eigenvalue weighted by molar-refractivity contribution is 0.0953. The fraction of sp³-hybridized carbons (Fsp3) is 0.545. The van der Waals surface area contributed by atoms with Gasteiger partial charge in [-0.05, 0) is 41.0 Å². The molecule has 0 spiro atoms. The maximum Gasteiger partial charge on any atom is 0.252 e. The van der Waals surface area contributed by atoms with Gasteiger partial charge < -0.3 is 5.32 Å². The van der Waals surface area contributed by atoms with E-state index in [0.29, 0.717) is 17.3 Å². The van der Waals surface area contributed by atoms with Gasteiger partial charge in [0.05, 0.1) is 8.45 Å². The van der Waals surface area contributed by atoms with Crippen LogP contribution in [0.5, 0.6) is 0 Å². The summed E-state index contributed by atoms with van der Waals surface area (Å²) in [5.74, 6) is 0.663. The molecule has 2 nitrogen and oxygen atoms in total. The lowest BCUT2D eigenvalue weighted by atomic mass is 10.1. The van der Waals surface area contributed by atoms with Gasteiger partial charge in [0.15, 0.2) is 0 Å². The molecule has 1 amide bonds. The largest absolute Gasteiger partial charge is 0.351 e. The topological polar surface area (TPSA) is 29.1 Å². The SMILES string of the molecule is CC(C)CC(Br)CNC(=O)c1csc(I)c1. The van der Waals surface area contributed by atoms with E-state index in [9.17, 15) is 4.79 Å². The standard InChI is InChI=1S/C11H15BrINOS/c1-7(2)3-9(12)5-14-11(15)8-4-10(13)16-6-8/h4,6-7,9H,3,5H2,1-2H3,(H,14,15). The number of carbonyl (C=O) groups is 1. The van der Waals surface area contributed by atoms with Crippen molar-refractivity contribution in [3.8, 4) is 0 Å². The van der Waals surface area contributed by atoms with Crippen LogP contribution in [0.4, 0.5) is 0 Å². The Bertz CT molecular complexity index is 354. The minimum absolute atomic E-state index is 0.0207. The molecule has 1 rings (SSSR count). The molecule has 1 atom stereocenters. The lowest BCUT2D eigenvalue weighted by Crippen LogP contribution is -2.29. The molecule has 1 aromatic heterocycles. The van der Waals surface area contributed by atoms with Gasteiger partial charge in [-0.1, -0.05) is 29.8 Å². The zero-order chi connectivity index (χ0) is 12.1. The molecule has 0 bridgehead atoms. The van der Waals surface area contributed by atoms with Gasteiger partial charge in [0.25, 0.3) is 5.91 Å². The Morgan fingerprint density at radius 3 is 2.81 bits per heavy atom. The van der Waals surface area contributed by atoms with Crippen LogP contribution >= 0.6 is 49.9 Å². The Balaban J connectivity index is 2.35. The Morgan fingerprint density at radius 1 is 1.62 bits per heavy atom. The summed E-state index contributed by atoms with van der Waals surface area (Å²) < 4.78 is 1.14. The predicted octanol–water partition coefficient (Wildman–Crippen LogP) is 3.89. The van der Waals surface area contributed by atoms with E-state index in [-0.39, 0.29) is 5.91 Å². The van der Waals surface area contributed by atoms with Gasteiger partial charge in [0.1, 0.15) is 0 Å². The van der Waals surface area contributed by atoms with Crippen LogP contribution in [0.2, 0.25) is 0 Å². The third-order valence-corrected chi connectivity index (χ3v) is 4.53. The van der Waals surface area contributed by atoms with Crippen LogP contribution in [-0.2, 0) is 0 Å². The van der Waals surface area contributed by atoms with E-state index < -0.39 is 0 Å². The number of thiophene rings is 1. The monoisotopic (exact) mass is 415 g/mol. The number of hydrogen-bond donors (Lipinski definition) is 1. The van der Waals surface area contributed by atoms with Crippen LogP contribution in [0.15, 0.2) is 11.4 Å². The third-order valence-electron chi connectivity index (χ3n) is 2.04. The number of halogens is 2. The number of nitrogens with one attached hydrogen (secondary N) is 1. The van der Waals surface area contributed by atoms with Crippen molar-refractivity contribution < 1.29 is 4.79 Å². The van der Waals surface area contributed by atoms with Crippen molar-refractivity contribution in [3.63, 3.8) is 0 Å².